The second-order valence-electron chi connectivity index (χ2n) is 9.38. The van der Waals surface area contributed by atoms with Crippen molar-refractivity contribution in [2.75, 3.05) is 44.3 Å². The predicted molar refractivity (Wildman–Crippen MR) is 136 cm³/mol. The summed E-state index contributed by atoms with van der Waals surface area (Å²) in [6, 6.07) is 10.7. The van der Waals surface area contributed by atoms with E-state index in [1.165, 1.54) is 35.1 Å². The number of carbonyl (C=O) groups is 1. The highest BCUT2D eigenvalue weighted by atomic mass is 32.1. The van der Waals surface area contributed by atoms with Crippen LogP contribution in [0.5, 0.6) is 0 Å². The van der Waals surface area contributed by atoms with Crippen molar-refractivity contribution in [3.63, 3.8) is 0 Å². The van der Waals surface area contributed by atoms with E-state index in [0.717, 1.165) is 73.0 Å². The molecule has 1 aliphatic carbocycles. The molecular weight excluding hydrogens is 430 g/mol. The van der Waals surface area contributed by atoms with Crippen LogP contribution in [-0.2, 0) is 17.6 Å². The van der Waals surface area contributed by atoms with Crippen LogP contribution in [0.25, 0.3) is 10.2 Å². The fourth-order valence-electron chi connectivity index (χ4n) is 5.06. The molecule has 0 radical (unpaired) electrons. The Kier molecular flexibility index (Phi) is 6.76. The molecule has 1 fully saturated rings. The summed E-state index contributed by atoms with van der Waals surface area (Å²) in [7, 11) is 0. The van der Waals surface area contributed by atoms with Crippen molar-refractivity contribution in [3.8, 4) is 0 Å². The monoisotopic (exact) mass is 463 g/mol. The number of hydrogen-bond donors (Lipinski definition) is 0. The average molecular weight is 464 g/mol. The maximum absolute atomic E-state index is 13.8. The van der Waals surface area contributed by atoms with E-state index in [1.54, 1.807) is 11.3 Å². The lowest BCUT2D eigenvalue weighted by Gasteiger charge is -2.28. The lowest BCUT2D eigenvalue weighted by atomic mass is 9.90. The third-order valence-corrected chi connectivity index (χ3v) is 7.88. The zero-order chi connectivity index (χ0) is 22.8. The Hall–Kier alpha value is -2.28. The summed E-state index contributed by atoms with van der Waals surface area (Å²) in [5.41, 5.74) is 6.95. The molecule has 33 heavy (non-hydrogen) atoms. The van der Waals surface area contributed by atoms with Gasteiger partial charge < -0.3 is 4.74 Å². The molecule has 174 valence electrons. The van der Waals surface area contributed by atoms with Gasteiger partial charge in [0.1, 0.15) is 0 Å². The number of fused-ring (bicyclic) bond motifs is 2. The van der Waals surface area contributed by atoms with Crippen molar-refractivity contribution in [1.29, 1.82) is 0 Å². The van der Waals surface area contributed by atoms with E-state index in [2.05, 4.69) is 43.0 Å². The first kappa shape index (κ1) is 22.5. The first-order valence-electron chi connectivity index (χ1n) is 12.2. The summed E-state index contributed by atoms with van der Waals surface area (Å²) in [6.45, 7) is 9.40. The first-order chi connectivity index (χ1) is 16.1. The molecule has 5 nitrogen and oxygen atoms in total. The van der Waals surface area contributed by atoms with Crippen LogP contribution in [0.3, 0.4) is 0 Å². The van der Waals surface area contributed by atoms with E-state index in [9.17, 15) is 4.79 Å². The van der Waals surface area contributed by atoms with Gasteiger partial charge in [-0.3, -0.25) is 14.6 Å². The molecule has 5 rings (SSSR count). The summed E-state index contributed by atoms with van der Waals surface area (Å²) in [5, 5.41) is 0.809. The topological polar surface area (TPSA) is 45.7 Å². The van der Waals surface area contributed by atoms with Crippen LogP contribution >= 0.6 is 11.3 Å². The van der Waals surface area contributed by atoms with Crippen LogP contribution in [0, 0.1) is 13.8 Å². The number of aromatic nitrogens is 1. The number of ether oxygens (including phenoxy) is 1. The predicted octanol–water partition coefficient (Wildman–Crippen LogP) is 5.16. The SMILES string of the molecule is Cc1cc(C)c2nc(N(CCCN3CCOCC3)C(=O)c3ccc4c(c3)CCCC4)sc2c1. The van der Waals surface area contributed by atoms with Gasteiger partial charge in [0, 0.05) is 31.7 Å². The lowest BCUT2D eigenvalue weighted by Crippen LogP contribution is -2.39. The smallest absolute Gasteiger partial charge is 0.260 e. The Morgan fingerprint density at radius 3 is 2.70 bits per heavy atom. The van der Waals surface area contributed by atoms with Crippen LogP contribution in [0.15, 0.2) is 30.3 Å². The van der Waals surface area contributed by atoms with Crippen LogP contribution in [0.2, 0.25) is 0 Å². The van der Waals surface area contributed by atoms with Crippen LogP contribution in [0.4, 0.5) is 5.13 Å². The third kappa shape index (κ3) is 4.98. The number of morpholine rings is 1. The molecule has 0 spiro atoms. The van der Waals surface area contributed by atoms with Gasteiger partial charge in [0.15, 0.2) is 5.13 Å². The third-order valence-electron chi connectivity index (χ3n) is 6.85. The number of carbonyl (C=O) groups excluding carboxylic acids is 1. The van der Waals surface area contributed by atoms with Crippen molar-refractivity contribution in [2.45, 2.75) is 46.0 Å². The molecule has 3 aromatic rings. The van der Waals surface area contributed by atoms with E-state index in [1.807, 2.05) is 11.0 Å². The highest BCUT2D eigenvalue weighted by Gasteiger charge is 2.23. The molecule has 0 saturated carbocycles. The molecule has 0 bridgehead atoms. The summed E-state index contributed by atoms with van der Waals surface area (Å²) < 4.78 is 6.63. The number of aryl methyl sites for hydroxylation is 4. The van der Waals surface area contributed by atoms with Gasteiger partial charge >= 0.3 is 0 Å². The van der Waals surface area contributed by atoms with Gasteiger partial charge in [-0.15, -0.1) is 0 Å². The Bertz CT molecular complexity index is 1150. The number of thiazole rings is 1. The highest BCUT2D eigenvalue weighted by Crippen LogP contribution is 2.33. The van der Waals surface area contributed by atoms with E-state index in [0.29, 0.717) is 6.54 Å². The molecule has 0 atom stereocenters. The van der Waals surface area contributed by atoms with Gasteiger partial charge in [-0.25, -0.2) is 4.98 Å². The molecule has 1 aliphatic heterocycles. The van der Waals surface area contributed by atoms with E-state index in [4.69, 9.17) is 9.72 Å². The molecular formula is C27H33N3O2S. The molecule has 1 saturated heterocycles. The van der Waals surface area contributed by atoms with E-state index >= 15 is 0 Å². The largest absolute Gasteiger partial charge is 0.379 e. The zero-order valence-corrected chi connectivity index (χ0v) is 20.5. The molecule has 0 unspecified atom stereocenters. The number of rotatable bonds is 6. The number of benzene rings is 2. The Morgan fingerprint density at radius 1 is 1.09 bits per heavy atom. The minimum absolute atomic E-state index is 0.0683. The minimum atomic E-state index is 0.0683. The fraction of sp³-hybridized carbons (Fsp3) is 0.481. The van der Waals surface area contributed by atoms with Crippen LogP contribution < -0.4 is 4.90 Å². The van der Waals surface area contributed by atoms with Gasteiger partial charge in [-0.2, -0.15) is 0 Å². The maximum Gasteiger partial charge on any atom is 0.260 e. The average Bonchev–Trinajstić information content (AvgIpc) is 3.26. The molecule has 1 aromatic heterocycles. The van der Waals surface area contributed by atoms with Gasteiger partial charge in [-0.05, 0) is 86.4 Å². The lowest BCUT2D eigenvalue weighted by molar-refractivity contribution is 0.0376. The molecule has 2 aromatic carbocycles. The molecule has 1 amide bonds. The van der Waals surface area contributed by atoms with E-state index < -0.39 is 0 Å². The quantitative estimate of drug-likeness (QED) is 0.507. The highest BCUT2D eigenvalue weighted by molar-refractivity contribution is 7.22. The molecule has 2 heterocycles. The molecule has 2 aliphatic rings. The van der Waals surface area contributed by atoms with E-state index in [-0.39, 0.29) is 5.91 Å². The molecule has 6 heteroatoms. The van der Waals surface area contributed by atoms with Crippen LogP contribution in [-0.4, -0.2) is 55.2 Å². The van der Waals surface area contributed by atoms with Crippen molar-refractivity contribution < 1.29 is 9.53 Å². The van der Waals surface area contributed by atoms with Gasteiger partial charge in [0.2, 0.25) is 0 Å². The number of amides is 1. The fourth-order valence-corrected chi connectivity index (χ4v) is 6.22. The van der Waals surface area contributed by atoms with Crippen molar-refractivity contribution >= 4 is 32.6 Å². The molecule has 0 N–H and O–H groups in total. The van der Waals surface area contributed by atoms with Crippen LogP contribution in [0.1, 0.15) is 51.9 Å². The Labute approximate surface area is 200 Å². The zero-order valence-electron chi connectivity index (χ0n) is 19.7. The first-order valence-corrected chi connectivity index (χ1v) is 13.0. The summed E-state index contributed by atoms with van der Waals surface area (Å²) in [4.78, 5) is 23.1. The van der Waals surface area contributed by atoms with Crippen molar-refractivity contribution in [2.24, 2.45) is 0 Å². The summed E-state index contributed by atoms with van der Waals surface area (Å²) in [6.07, 6.45) is 5.59. The normalized spacial score (nSPS) is 16.7. The van der Waals surface area contributed by atoms with Crippen molar-refractivity contribution in [3.05, 3.63) is 58.1 Å². The van der Waals surface area contributed by atoms with Crippen molar-refractivity contribution in [1.82, 2.24) is 9.88 Å². The number of nitrogens with zero attached hydrogens (tertiary/aromatic N) is 3. The van der Waals surface area contributed by atoms with Gasteiger partial charge in [0.05, 0.1) is 23.4 Å². The standard InChI is InChI=1S/C27H33N3O2S/c1-19-16-20(2)25-24(17-19)33-27(28-25)30(11-5-10-29-12-14-32-15-13-29)26(31)23-9-8-21-6-3-4-7-22(21)18-23/h8-9,16-18H,3-7,10-15H2,1-2H3. The Morgan fingerprint density at radius 2 is 1.88 bits per heavy atom. The number of anilines is 1. The van der Waals surface area contributed by atoms with Gasteiger partial charge in [0.25, 0.3) is 5.91 Å². The summed E-state index contributed by atoms with van der Waals surface area (Å²) in [5.74, 6) is 0.0683. The second kappa shape index (κ2) is 9.92. The maximum atomic E-state index is 13.8. The van der Waals surface area contributed by atoms with Gasteiger partial charge in [-0.1, -0.05) is 23.5 Å². The summed E-state index contributed by atoms with van der Waals surface area (Å²) >= 11 is 1.63. The Balaban J connectivity index is 1.43. The minimum Gasteiger partial charge on any atom is -0.379 e. The second-order valence-corrected chi connectivity index (χ2v) is 10.4. The number of hydrogen-bond acceptors (Lipinski definition) is 5.